The third kappa shape index (κ3) is 3.36. The van der Waals surface area contributed by atoms with Gasteiger partial charge in [-0.3, -0.25) is 9.89 Å². The van der Waals surface area contributed by atoms with Gasteiger partial charge in [-0.25, -0.2) is 4.79 Å². The molecular formula is C10H17N3O2. The molecule has 0 aromatic carbocycles. The van der Waals surface area contributed by atoms with Crippen LogP contribution < -0.4 is 0 Å². The van der Waals surface area contributed by atoms with Crippen molar-refractivity contribution in [1.29, 1.82) is 0 Å². The fourth-order valence-electron chi connectivity index (χ4n) is 1.35. The Morgan fingerprint density at radius 2 is 2.13 bits per heavy atom. The third-order valence-corrected chi connectivity index (χ3v) is 2.05. The summed E-state index contributed by atoms with van der Waals surface area (Å²) in [5.74, 6) is 0. The Kier molecular flexibility index (Phi) is 4.83. The molecule has 0 spiro atoms. The first kappa shape index (κ1) is 11.7. The van der Waals surface area contributed by atoms with Crippen LogP contribution in [-0.4, -0.2) is 55.5 Å². The average Bonchev–Trinajstić information content (AvgIpc) is 2.29. The van der Waals surface area contributed by atoms with Crippen molar-refractivity contribution in [1.82, 2.24) is 9.80 Å². The standard InChI is InChI=1S/C10H17N3O2/c1-3-4-13(9-11-2)10(14)12-5-7-15-8-6-12/h3-4,9H,5-8H2,1-2H3. The zero-order chi connectivity index (χ0) is 11.1. The van der Waals surface area contributed by atoms with Crippen molar-refractivity contribution in [2.24, 2.45) is 4.99 Å². The third-order valence-electron chi connectivity index (χ3n) is 2.05. The highest BCUT2D eigenvalue weighted by Gasteiger charge is 2.20. The maximum atomic E-state index is 11.9. The minimum Gasteiger partial charge on any atom is -0.378 e. The molecule has 84 valence electrons. The molecule has 0 bridgehead atoms. The van der Waals surface area contributed by atoms with Crippen LogP contribution in [0.3, 0.4) is 0 Å². The fourth-order valence-corrected chi connectivity index (χ4v) is 1.35. The highest BCUT2D eigenvalue weighted by atomic mass is 16.5. The van der Waals surface area contributed by atoms with Crippen LogP contribution in [-0.2, 0) is 4.74 Å². The number of aliphatic imine (C=N–C) groups is 1. The van der Waals surface area contributed by atoms with Gasteiger partial charge in [0.2, 0.25) is 0 Å². The van der Waals surface area contributed by atoms with Crippen molar-refractivity contribution in [2.45, 2.75) is 6.92 Å². The topological polar surface area (TPSA) is 45.1 Å². The normalized spacial score (nSPS) is 17.6. The van der Waals surface area contributed by atoms with Gasteiger partial charge >= 0.3 is 6.03 Å². The monoisotopic (exact) mass is 211 g/mol. The summed E-state index contributed by atoms with van der Waals surface area (Å²) in [6, 6.07) is -0.0537. The highest BCUT2D eigenvalue weighted by molar-refractivity contribution is 5.87. The maximum absolute atomic E-state index is 11.9. The molecule has 1 fully saturated rings. The Balaban J connectivity index is 2.61. The van der Waals surface area contributed by atoms with E-state index in [4.69, 9.17) is 4.74 Å². The van der Waals surface area contributed by atoms with Crippen LogP contribution in [0.15, 0.2) is 17.3 Å². The van der Waals surface area contributed by atoms with E-state index in [1.54, 1.807) is 24.2 Å². The van der Waals surface area contributed by atoms with Gasteiger partial charge < -0.3 is 9.64 Å². The number of hydrogen-bond donors (Lipinski definition) is 0. The fraction of sp³-hybridized carbons (Fsp3) is 0.600. The Hall–Kier alpha value is -1.36. The SMILES string of the molecule is CC=CN(C=NC)C(=O)N1CCOCC1. The molecule has 15 heavy (non-hydrogen) atoms. The first-order valence-electron chi connectivity index (χ1n) is 4.99. The largest absolute Gasteiger partial charge is 0.378 e. The number of urea groups is 1. The molecule has 5 heteroatoms. The highest BCUT2D eigenvalue weighted by Crippen LogP contribution is 2.02. The molecule has 0 aromatic heterocycles. The second-order valence-corrected chi connectivity index (χ2v) is 3.15. The molecule has 0 aliphatic carbocycles. The van der Waals surface area contributed by atoms with E-state index in [2.05, 4.69) is 4.99 Å². The first-order chi connectivity index (χ1) is 7.29. The van der Waals surface area contributed by atoms with E-state index < -0.39 is 0 Å². The first-order valence-corrected chi connectivity index (χ1v) is 4.99. The zero-order valence-electron chi connectivity index (χ0n) is 9.22. The van der Waals surface area contributed by atoms with Crippen molar-refractivity contribution in [3.8, 4) is 0 Å². The predicted molar refractivity (Wildman–Crippen MR) is 58.9 cm³/mol. The van der Waals surface area contributed by atoms with Gasteiger partial charge in [-0.2, -0.15) is 0 Å². The molecule has 1 heterocycles. The number of allylic oxidation sites excluding steroid dienone is 1. The molecule has 1 aliphatic rings. The van der Waals surface area contributed by atoms with E-state index in [0.717, 1.165) is 0 Å². The predicted octanol–water partition coefficient (Wildman–Crippen LogP) is 0.932. The molecule has 1 rings (SSSR count). The van der Waals surface area contributed by atoms with E-state index in [-0.39, 0.29) is 6.03 Å². The van der Waals surface area contributed by atoms with Crippen molar-refractivity contribution in [3.05, 3.63) is 12.3 Å². The number of carbonyl (C=O) groups excluding carboxylic acids is 1. The van der Waals surface area contributed by atoms with E-state index in [0.29, 0.717) is 26.3 Å². The molecular weight excluding hydrogens is 194 g/mol. The summed E-state index contributed by atoms with van der Waals surface area (Å²) in [7, 11) is 1.64. The lowest BCUT2D eigenvalue weighted by Gasteiger charge is -2.29. The number of morpholine rings is 1. The number of ether oxygens (including phenoxy) is 1. The lowest BCUT2D eigenvalue weighted by atomic mass is 10.4. The van der Waals surface area contributed by atoms with Crippen LogP contribution in [0.2, 0.25) is 0 Å². The Bertz CT molecular complexity index is 245. The summed E-state index contributed by atoms with van der Waals surface area (Å²) in [5.41, 5.74) is 0. The average molecular weight is 211 g/mol. The minimum absolute atomic E-state index is 0.0537. The van der Waals surface area contributed by atoms with Gasteiger partial charge in [0.25, 0.3) is 0 Å². The summed E-state index contributed by atoms with van der Waals surface area (Å²) < 4.78 is 5.19. The van der Waals surface area contributed by atoms with Crippen molar-refractivity contribution < 1.29 is 9.53 Å². The molecule has 0 atom stereocenters. The summed E-state index contributed by atoms with van der Waals surface area (Å²) in [4.78, 5) is 19.0. The van der Waals surface area contributed by atoms with Crippen LogP contribution in [0, 0.1) is 0 Å². The molecule has 2 amide bonds. The van der Waals surface area contributed by atoms with Gasteiger partial charge in [-0.15, -0.1) is 0 Å². The van der Waals surface area contributed by atoms with E-state index in [9.17, 15) is 4.79 Å². The quantitative estimate of drug-likeness (QED) is 0.504. The molecule has 0 saturated carbocycles. The number of amides is 2. The maximum Gasteiger partial charge on any atom is 0.329 e. The molecule has 0 unspecified atom stereocenters. The van der Waals surface area contributed by atoms with Crippen molar-refractivity contribution in [2.75, 3.05) is 33.4 Å². The Morgan fingerprint density at radius 3 is 2.67 bits per heavy atom. The van der Waals surface area contributed by atoms with Crippen LogP contribution in [0.25, 0.3) is 0 Å². The van der Waals surface area contributed by atoms with Crippen LogP contribution in [0.1, 0.15) is 6.92 Å². The van der Waals surface area contributed by atoms with Gasteiger partial charge in [0, 0.05) is 26.3 Å². The Labute approximate surface area is 90.0 Å². The van der Waals surface area contributed by atoms with Crippen LogP contribution in [0.4, 0.5) is 4.79 Å². The van der Waals surface area contributed by atoms with E-state index >= 15 is 0 Å². The minimum atomic E-state index is -0.0537. The molecule has 1 saturated heterocycles. The summed E-state index contributed by atoms with van der Waals surface area (Å²) in [6.45, 7) is 4.37. The van der Waals surface area contributed by atoms with E-state index in [1.165, 1.54) is 11.2 Å². The molecule has 5 nitrogen and oxygen atoms in total. The Morgan fingerprint density at radius 1 is 1.47 bits per heavy atom. The number of rotatable bonds is 2. The van der Waals surface area contributed by atoms with Gasteiger partial charge in [-0.1, -0.05) is 6.08 Å². The summed E-state index contributed by atoms with van der Waals surface area (Å²) in [5, 5.41) is 0. The van der Waals surface area contributed by atoms with Crippen LogP contribution in [0.5, 0.6) is 0 Å². The van der Waals surface area contributed by atoms with Gasteiger partial charge in [-0.05, 0) is 6.92 Å². The summed E-state index contributed by atoms with van der Waals surface area (Å²) >= 11 is 0. The number of hydrogen-bond acceptors (Lipinski definition) is 3. The smallest absolute Gasteiger partial charge is 0.329 e. The lowest BCUT2D eigenvalue weighted by molar-refractivity contribution is 0.0501. The van der Waals surface area contributed by atoms with Crippen molar-refractivity contribution in [3.63, 3.8) is 0 Å². The second kappa shape index (κ2) is 6.19. The van der Waals surface area contributed by atoms with Gasteiger partial charge in [0.15, 0.2) is 0 Å². The van der Waals surface area contributed by atoms with E-state index in [1.807, 2.05) is 6.92 Å². The molecule has 0 N–H and O–H groups in total. The molecule has 1 aliphatic heterocycles. The number of nitrogens with zero attached hydrogens (tertiary/aromatic N) is 3. The van der Waals surface area contributed by atoms with Gasteiger partial charge in [0.05, 0.1) is 19.6 Å². The van der Waals surface area contributed by atoms with Gasteiger partial charge in [0.1, 0.15) is 0 Å². The van der Waals surface area contributed by atoms with Crippen molar-refractivity contribution >= 4 is 12.4 Å². The number of carbonyl (C=O) groups is 1. The zero-order valence-corrected chi connectivity index (χ0v) is 9.22. The molecule has 0 radical (unpaired) electrons. The van der Waals surface area contributed by atoms with Crippen LogP contribution >= 0.6 is 0 Å². The lowest BCUT2D eigenvalue weighted by Crippen LogP contribution is -2.46. The summed E-state index contributed by atoms with van der Waals surface area (Å²) in [6.07, 6.45) is 5.02. The molecule has 0 aromatic rings. The second-order valence-electron chi connectivity index (χ2n) is 3.15.